The minimum Gasteiger partial charge on any atom is -0.369 e. The fourth-order valence-electron chi connectivity index (χ4n) is 0.814. The summed E-state index contributed by atoms with van der Waals surface area (Å²) in [6, 6.07) is 0. The molecular formula is C7H9BrClN3OS. The molecule has 0 aliphatic carbocycles. The highest BCUT2D eigenvalue weighted by atomic mass is 79.9. The molecule has 0 saturated carbocycles. The Morgan fingerprint density at radius 3 is 2.71 bits per heavy atom. The third-order valence-electron chi connectivity index (χ3n) is 1.39. The van der Waals surface area contributed by atoms with Crippen molar-refractivity contribution in [2.75, 3.05) is 18.1 Å². The first-order chi connectivity index (χ1) is 6.56. The zero-order valence-corrected chi connectivity index (χ0v) is 10.8. The van der Waals surface area contributed by atoms with Crippen LogP contribution in [0.5, 0.6) is 0 Å². The molecule has 14 heavy (non-hydrogen) atoms. The van der Waals surface area contributed by atoms with Crippen molar-refractivity contribution in [1.82, 2.24) is 9.97 Å². The summed E-state index contributed by atoms with van der Waals surface area (Å²) >= 11 is 9.07. The second kappa shape index (κ2) is 5.04. The topological polar surface area (TPSA) is 54.9 Å². The smallest absolute Gasteiger partial charge is 0.221 e. The van der Waals surface area contributed by atoms with Crippen molar-refractivity contribution >= 4 is 44.1 Å². The van der Waals surface area contributed by atoms with Gasteiger partial charge in [-0.25, -0.2) is 9.97 Å². The molecule has 1 heterocycles. The van der Waals surface area contributed by atoms with E-state index in [0.717, 1.165) is 0 Å². The quantitative estimate of drug-likeness (QED) is 0.685. The van der Waals surface area contributed by atoms with E-state index >= 15 is 0 Å². The first-order valence-corrected chi connectivity index (χ1v) is 6.59. The van der Waals surface area contributed by atoms with E-state index in [9.17, 15) is 4.21 Å². The molecule has 0 bridgehead atoms. The van der Waals surface area contributed by atoms with Crippen LogP contribution >= 0.6 is 27.5 Å². The van der Waals surface area contributed by atoms with Crippen molar-refractivity contribution < 1.29 is 4.21 Å². The molecule has 0 aliphatic heterocycles. The normalized spacial score (nSPS) is 12.6. The molecule has 0 saturated heterocycles. The van der Waals surface area contributed by atoms with E-state index < -0.39 is 10.8 Å². The van der Waals surface area contributed by atoms with Crippen LogP contribution in [0.4, 0.5) is 5.82 Å². The van der Waals surface area contributed by atoms with E-state index in [1.165, 1.54) is 6.26 Å². The third kappa shape index (κ3) is 2.65. The van der Waals surface area contributed by atoms with Crippen LogP contribution in [0.25, 0.3) is 0 Å². The number of anilines is 1. The van der Waals surface area contributed by atoms with Gasteiger partial charge in [0.05, 0.1) is 15.3 Å². The molecule has 0 amide bonds. The summed E-state index contributed by atoms with van der Waals surface area (Å²) in [5.74, 6) is 0.567. The predicted octanol–water partition coefficient (Wildman–Crippen LogP) is 2.06. The highest BCUT2D eigenvalue weighted by Gasteiger charge is 2.11. The Kier molecular flexibility index (Phi) is 4.28. The average molecular weight is 299 g/mol. The first-order valence-electron chi connectivity index (χ1n) is 3.86. The number of hydrogen-bond donors (Lipinski definition) is 1. The van der Waals surface area contributed by atoms with Crippen LogP contribution in [-0.4, -0.2) is 27.0 Å². The van der Waals surface area contributed by atoms with Crippen molar-refractivity contribution in [1.29, 1.82) is 0 Å². The van der Waals surface area contributed by atoms with Gasteiger partial charge in [0, 0.05) is 12.8 Å². The maximum atomic E-state index is 11.1. The van der Waals surface area contributed by atoms with Crippen molar-refractivity contribution in [3.8, 4) is 0 Å². The molecule has 1 aromatic rings. The van der Waals surface area contributed by atoms with Gasteiger partial charge in [-0.2, -0.15) is 0 Å². The second-order valence-corrected chi connectivity index (χ2v) is 4.87. The van der Waals surface area contributed by atoms with Crippen molar-refractivity contribution in [3.05, 3.63) is 9.63 Å². The Morgan fingerprint density at radius 1 is 1.57 bits per heavy atom. The maximum Gasteiger partial charge on any atom is 0.221 e. The Bertz CT molecular complexity index is 374. The zero-order chi connectivity index (χ0) is 10.7. The molecule has 0 aliphatic rings. The highest BCUT2D eigenvalue weighted by Crippen LogP contribution is 2.27. The number of hydrogen-bond acceptors (Lipinski definition) is 4. The SMILES string of the molecule is CCNc1nc([S@](C)=O)nc(Cl)c1Br. The lowest BCUT2D eigenvalue weighted by Gasteiger charge is -2.07. The van der Waals surface area contributed by atoms with E-state index in [1.807, 2.05) is 6.92 Å². The largest absolute Gasteiger partial charge is 0.369 e. The summed E-state index contributed by atoms with van der Waals surface area (Å²) in [5.41, 5.74) is 0. The van der Waals surface area contributed by atoms with Crippen molar-refractivity contribution in [3.63, 3.8) is 0 Å². The van der Waals surface area contributed by atoms with Crippen LogP contribution in [0, 0.1) is 0 Å². The Hall–Kier alpha value is -0.200. The summed E-state index contributed by atoms with van der Waals surface area (Å²) in [7, 11) is -1.23. The number of aromatic nitrogens is 2. The van der Waals surface area contributed by atoms with Crippen LogP contribution < -0.4 is 5.32 Å². The molecule has 1 N–H and O–H groups in total. The van der Waals surface area contributed by atoms with Crippen LogP contribution in [0.2, 0.25) is 5.15 Å². The molecule has 78 valence electrons. The minimum atomic E-state index is -1.23. The average Bonchev–Trinajstić information content (AvgIpc) is 2.12. The lowest BCUT2D eigenvalue weighted by molar-refractivity contribution is 0.679. The molecule has 0 fully saturated rings. The Balaban J connectivity index is 3.20. The molecular weight excluding hydrogens is 290 g/mol. The summed E-state index contributed by atoms with van der Waals surface area (Å²) in [4.78, 5) is 7.95. The zero-order valence-electron chi connectivity index (χ0n) is 7.67. The standard InChI is InChI=1S/C7H9BrClN3OS/c1-3-10-6-4(8)5(9)11-7(12-6)14(2)13/h3H2,1-2H3,(H,10,11,12)/t14-/m0/s1. The number of nitrogens with zero attached hydrogens (tertiary/aromatic N) is 2. The molecule has 1 aromatic heterocycles. The van der Waals surface area contributed by atoms with E-state index in [4.69, 9.17) is 11.6 Å². The van der Waals surface area contributed by atoms with Gasteiger partial charge in [-0.15, -0.1) is 0 Å². The predicted molar refractivity (Wildman–Crippen MR) is 61.2 cm³/mol. The van der Waals surface area contributed by atoms with E-state index in [1.54, 1.807) is 0 Å². The van der Waals surface area contributed by atoms with Crippen LogP contribution in [0.15, 0.2) is 9.63 Å². The molecule has 0 radical (unpaired) electrons. The second-order valence-electron chi connectivity index (χ2n) is 2.44. The summed E-state index contributed by atoms with van der Waals surface area (Å²) in [6.45, 7) is 2.65. The van der Waals surface area contributed by atoms with Gasteiger partial charge in [-0.05, 0) is 22.9 Å². The van der Waals surface area contributed by atoms with Gasteiger partial charge in [-0.3, -0.25) is 4.21 Å². The van der Waals surface area contributed by atoms with Gasteiger partial charge in [-0.1, -0.05) is 11.6 Å². The number of rotatable bonds is 3. The molecule has 0 spiro atoms. The van der Waals surface area contributed by atoms with E-state index in [2.05, 4.69) is 31.2 Å². The summed E-state index contributed by atoms with van der Waals surface area (Å²) in [6.07, 6.45) is 1.51. The van der Waals surface area contributed by atoms with Crippen molar-refractivity contribution in [2.45, 2.75) is 12.1 Å². The number of nitrogens with one attached hydrogen (secondary N) is 1. The summed E-state index contributed by atoms with van der Waals surface area (Å²) in [5, 5.41) is 3.49. The third-order valence-corrected chi connectivity index (χ3v) is 3.34. The fraction of sp³-hybridized carbons (Fsp3) is 0.429. The van der Waals surface area contributed by atoms with Gasteiger partial charge in [0.25, 0.3) is 0 Å². The van der Waals surface area contributed by atoms with Crippen LogP contribution in [0.1, 0.15) is 6.92 Å². The van der Waals surface area contributed by atoms with Gasteiger partial charge >= 0.3 is 0 Å². The summed E-state index contributed by atoms with van der Waals surface area (Å²) < 4.78 is 11.7. The minimum absolute atomic E-state index is 0.231. The molecule has 1 atom stereocenters. The maximum absolute atomic E-state index is 11.1. The lowest BCUT2D eigenvalue weighted by atomic mass is 10.5. The molecule has 1 rings (SSSR count). The molecule has 0 unspecified atom stereocenters. The van der Waals surface area contributed by atoms with Gasteiger partial charge in [0.1, 0.15) is 11.0 Å². The van der Waals surface area contributed by atoms with Crippen LogP contribution in [0.3, 0.4) is 0 Å². The highest BCUT2D eigenvalue weighted by molar-refractivity contribution is 9.10. The van der Waals surface area contributed by atoms with Crippen molar-refractivity contribution in [2.24, 2.45) is 0 Å². The Morgan fingerprint density at radius 2 is 2.21 bits per heavy atom. The van der Waals surface area contributed by atoms with Gasteiger partial charge in [0.2, 0.25) is 5.16 Å². The van der Waals surface area contributed by atoms with Gasteiger partial charge < -0.3 is 5.32 Å². The van der Waals surface area contributed by atoms with Gasteiger partial charge in [0.15, 0.2) is 0 Å². The monoisotopic (exact) mass is 297 g/mol. The van der Waals surface area contributed by atoms with Crippen LogP contribution in [-0.2, 0) is 10.8 Å². The molecule has 7 heteroatoms. The van der Waals surface area contributed by atoms with E-state index in [0.29, 0.717) is 16.8 Å². The molecule has 4 nitrogen and oxygen atoms in total. The fourth-order valence-corrected chi connectivity index (χ4v) is 1.79. The first kappa shape index (κ1) is 11.9. The number of halogens is 2. The molecule has 0 aromatic carbocycles. The lowest BCUT2D eigenvalue weighted by Crippen LogP contribution is -2.05. The Labute approximate surface area is 98.1 Å². The van der Waals surface area contributed by atoms with E-state index in [-0.39, 0.29) is 10.3 Å².